The first-order chi connectivity index (χ1) is 18.8. The third-order valence-electron chi connectivity index (χ3n) is 9.12. The van der Waals surface area contributed by atoms with Crippen molar-refractivity contribution in [3.63, 3.8) is 0 Å². The molecule has 7 heteroatoms. The van der Waals surface area contributed by atoms with Gasteiger partial charge in [0.2, 0.25) is 0 Å². The van der Waals surface area contributed by atoms with Crippen LogP contribution in [-0.4, -0.2) is 25.4 Å². The van der Waals surface area contributed by atoms with E-state index in [-0.39, 0.29) is 11.6 Å². The molecule has 204 valence electrons. The minimum atomic E-state index is 0.130. The summed E-state index contributed by atoms with van der Waals surface area (Å²) in [4.78, 5) is 2.66. The van der Waals surface area contributed by atoms with Crippen LogP contribution in [0, 0.1) is 0 Å². The normalized spacial score (nSPS) is 25.7. The van der Waals surface area contributed by atoms with Crippen LogP contribution in [0.5, 0.6) is 0 Å². The highest BCUT2D eigenvalue weighted by Gasteiger charge is 2.37. The lowest BCUT2D eigenvalue weighted by molar-refractivity contribution is 0.554. The summed E-state index contributed by atoms with van der Waals surface area (Å²) in [6.45, 7) is 8.60. The summed E-state index contributed by atoms with van der Waals surface area (Å²) in [7, 11) is 0. The molecule has 3 unspecified atom stereocenters. The minimum Gasteiger partial charge on any atom is -0.365 e. The summed E-state index contributed by atoms with van der Waals surface area (Å²) in [5.74, 6) is 6.16. The summed E-state index contributed by atoms with van der Waals surface area (Å²) >= 11 is 0. The van der Waals surface area contributed by atoms with E-state index in [1.165, 1.54) is 46.6 Å². The minimum absolute atomic E-state index is 0.130. The quantitative estimate of drug-likeness (QED) is 0.267. The van der Waals surface area contributed by atoms with E-state index in [9.17, 15) is 0 Å². The second kappa shape index (κ2) is 9.35. The van der Waals surface area contributed by atoms with E-state index >= 15 is 0 Å². The summed E-state index contributed by atoms with van der Waals surface area (Å²) in [5, 5.41) is 16.4. The molecular formula is C32H41N7. The van der Waals surface area contributed by atoms with Crippen molar-refractivity contribution < 1.29 is 0 Å². The van der Waals surface area contributed by atoms with Crippen molar-refractivity contribution in [2.75, 3.05) is 39.1 Å². The van der Waals surface area contributed by atoms with Crippen molar-refractivity contribution in [2.24, 2.45) is 5.84 Å². The molecular weight excluding hydrogens is 482 g/mol. The van der Waals surface area contributed by atoms with Gasteiger partial charge in [-0.15, -0.1) is 0 Å². The fraction of sp³-hybridized carbons (Fsp3) is 0.438. The van der Waals surface area contributed by atoms with Gasteiger partial charge in [-0.25, -0.2) is 5.84 Å². The number of fused-ring (bicyclic) bond motifs is 2. The summed E-state index contributed by atoms with van der Waals surface area (Å²) in [6, 6.07) is 24.1. The molecule has 0 aliphatic carbocycles. The zero-order valence-corrected chi connectivity index (χ0v) is 23.3. The van der Waals surface area contributed by atoms with Gasteiger partial charge in [0.15, 0.2) is 0 Å². The molecule has 4 heterocycles. The van der Waals surface area contributed by atoms with Gasteiger partial charge in [-0.2, -0.15) is 0 Å². The standard InChI is InChI=1S/C32H41N7/c1-32(2,3)22-8-10-23(11-9-22)39-28(14-15-29(39)21-7-13-30-27(18-21)35-19-38(30)33)20-6-12-24-26(17-20)37-31(36-24)25-5-4-16-34-25/h6-13,17-18,25,28-29,31,34-37H,4-5,14-16,19,33H2,1-3H3/t25-,28?,29?,31?/m0/s1. The Bertz CT molecular complexity index is 1360. The molecule has 6 N–H and O–H groups in total. The maximum atomic E-state index is 6.16. The average molecular weight is 524 g/mol. The van der Waals surface area contributed by atoms with Crippen molar-refractivity contribution in [3.8, 4) is 0 Å². The van der Waals surface area contributed by atoms with E-state index in [0.29, 0.717) is 24.8 Å². The number of hydrogen-bond acceptors (Lipinski definition) is 7. The van der Waals surface area contributed by atoms with Crippen molar-refractivity contribution in [3.05, 3.63) is 77.4 Å². The van der Waals surface area contributed by atoms with Crippen LogP contribution in [0.2, 0.25) is 0 Å². The van der Waals surface area contributed by atoms with Gasteiger partial charge in [-0.05, 0) is 90.7 Å². The summed E-state index contributed by atoms with van der Waals surface area (Å²) in [5.41, 5.74) is 10.1. The van der Waals surface area contributed by atoms with Crippen LogP contribution in [0.4, 0.5) is 28.4 Å². The van der Waals surface area contributed by atoms with Gasteiger partial charge in [-0.1, -0.05) is 45.0 Å². The van der Waals surface area contributed by atoms with Crippen LogP contribution in [0.1, 0.15) is 75.2 Å². The Morgan fingerprint density at radius 2 is 1.49 bits per heavy atom. The van der Waals surface area contributed by atoms with Crippen LogP contribution >= 0.6 is 0 Å². The lowest BCUT2D eigenvalue weighted by atomic mass is 9.87. The number of nitrogens with zero attached hydrogens (tertiary/aromatic N) is 2. The van der Waals surface area contributed by atoms with Gasteiger partial charge in [-0.3, -0.25) is 5.01 Å². The molecule has 0 amide bonds. The lowest BCUT2D eigenvalue weighted by Crippen LogP contribution is -2.42. The zero-order valence-electron chi connectivity index (χ0n) is 23.3. The molecule has 39 heavy (non-hydrogen) atoms. The summed E-state index contributed by atoms with van der Waals surface area (Å²) < 4.78 is 0. The van der Waals surface area contributed by atoms with E-state index in [1.807, 2.05) is 0 Å². The number of benzene rings is 3. The van der Waals surface area contributed by atoms with Crippen molar-refractivity contribution in [2.45, 2.75) is 76.2 Å². The van der Waals surface area contributed by atoms with Crippen molar-refractivity contribution >= 4 is 28.4 Å². The molecule has 4 aliphatic rings. The summed E-state index contributed by atoms with van der Waals surface area (Å²) in [6.07, 6.45) is 4.94. The predicted molar refractivity (Wildman–Crippen MR) is 162 cm³/mol. The Labute approximate surface area is 232 Å². The highest BCUT2D eigenvalue weighted by atomic mass is 15.5. The average Bonchev–Trinajstić information content (AvgIpc) is 3.73. The van der Waals surface area contributed by atoms with Gasteiger partial charge >= 0.3 is 0 Å². The second-order valence-electron chi connectivity index (χ2n) is 12.7. The SMILES string of the molecule is CC(C)(C)c1ccc(N2C(c3ccc4c(c3)NC([C@@H]3CCCN3)N4)CCC2c2ccc3c(c2)NCN3N)cc1. The van der Waals surface area contributed by atoms with E-state index in [2.05, 4.69) is 108 Å². The number of anilines is 5. The van der Waals surface area contributed by atoms with Gasteiger partial charge in [0.25, 0.3) is 0 Å². The highest BCUT2D eigenvalue weighted by Crippen LogP contribution is 2.49. The second-order valence-corrected chi connectivity index (χ2v) is 12.7. The van der Waals surface area contributed by atoms with Crippen LogP contribution < -0.4 is 37.0 Å². The molecule has 4 aliphatic heterocycles. The number of nitrogens with one attached hydrogen (secondary N) is 4. The maximum Gasteiger partial charge on any atom is 0.112 e. The Balaban J connectivity index is 1.23. The molecule has 4 atom stereocenters. The molecule has 0 aromatic heterocycles. The van der Waals surface area contributed by atoms with Gasteiger partial charge < -0.3 is 26.2 Å². The number of rotatable bonds is 4. The first-order valence-corrected chi connectivity index (χ1v) is 14.5. The fourth-order valence-corrected chi connectivity index (χ4v) is 6.95. The lowest BCUT2D eigenvalue weighted by Gasteiger charge is -2.34. The van der Waals surface area contributed by atoms with Gasteiger partial charge in [0.1, 0.15) is 12.8 Å². The maximum absolute atomic E-state index is 6.16. The molecule has 2 saturated heterocycles. The zero-order chi connectivity index (χ0) is 26.7. The van der Waals surface area contributed by atoms with Crippen LogP contribution in [0.3, 0.4) is 0 Å². The van der Waals surface area contributed by atoms with Crippen molar-refractivity contribution in [1.29, 1.82) is 0 Å². The first-order valence-electron chi connectivity index (χ1n) is 14.5. The van der Waals surface area contributed by atoms with Gasteiger partial charge in [0, 0.05) is 11.7 Å². The molecule has 2 fully saturated rings. The monoisotopic (exact) mass is 523 g/mol. The molecule has 0 spiro atoms. The molecule has 0 bridgehead atoms. The Morgan fingerprint density at radius 3 is 2.18 bits per heavy atom. The largest absolute Gasteiger partial charge is 0.365 e. The molecule has 7 nitrogen and oxygen atoms in total. The van der Waals surface area contributed by atoms with E-state index < -0.39 is 0 Å². The number of hydrogen-bond donors (Lipinski definition) is 5. The van der Waals surface area contributed by atoms with Crippen LogP contribution in [0.15, 0.2) is 60.7 Å². The molecule has 0 saturated carbocycles. The van der Waals surface area contributed by atoms with E-state index in [4.69, 9.17) is 5.84 Å². The third kappa shape index (κ3) is 4.38. The molecule has 3 aromatic carbocycles. The predicted octanol–water partition coefficient (Wildman–Crippen LogP) is 6.05. The Morgan fingerprint density at radius 1 is 0.795 bits per heavy atom. The smallest absolute Gasteiger partial charge is 0.112 e. The fourth-order valence-electron chi connectivity index (χ4n) is 6.95. The molecule has 3 aromatic rings. The molecule has 7 rings (SSSR count). The molecule has 0 radical (unpaired) electrons. The Kier molecular flexibility index (Phi) is 5.90. The van der Waals surface area contributed by atoms with Crippen LogP contribution in [0.25, 0.3) is 0 Å². The Hall–Kier alpha value is -3.42. The van der Waals surface area contributed by atoms with Crippen molar-refractivity contribution in [1.82, 2.24) is 5.32 Å². The third-order valence-corrected chi connectivity index (χ3v) is 9.12. The first kappa shape index (κ1) is 24.6. The van der Waals surface area contributed by atoms with Crippen LogP contribution in [-0.2, 0) is 5.41 Å². The number of nitrogens with two attached hydrogens (primary N) is 1. The van der Waals surface area contributed by atoms with E-state index in [1.54, 1.807) is 5.01 Å². The highest BCUT2D eigenvalue weighted by molar-refractivity contribution is 5.77. The van der Waals surface area contributed by atoms with E-state index in [0.717, 1.165) is 30.8 Å². The number of hydrazine groups is 1. The topological polar surface area (TPSA) is 80.6 Å². The van der Waals surface area contributed by atoms with Gasteiger partial charge in [0.05, 0.1) is 34.8 Å².